The van der Waals surface area contributed by atoms with E-state index < -0.39 is 37.0 Å². The summed E-state index contributed by atoms with van der Waals surface area (Å²) in [6.45, 7) is -3.15. The highest BCUT2D eigenvalue weighted by Gasteiger charge is 2.41. The molecule has 0 saturated carbocycles. The fourth-order valence-corrected chi connectivity index (χ4v) is 0.712. The smallest absolute Gasteiger partial charge is 0.111 e. The maximum atomic E-state index is 9.68. The van der Waals surface area contributed by atoms with Crippen molar-refractivity contribution < 1.29 is 34.8 Å². The first-order valence-electron chi connectivity index (χ1n) is 6.55. The summed E-state index contributed by atoms with van der Waals surface area (Å²) in [5.41, 5.74) is 0. The van der Waals surface area contributed by atoms with Gasteiger partial charge in [-0.3, -0.25) is 0 Å². The summed E-state index contributed by atoms with van der Waals surface area (Å²) in [6.07, 6.45) is -18.1. The Labute approximate surface area is 80.0 Å². The van der Waals surface area contributed by atoms with Gasteiger partial charge in [0.1, 0.15) is 24.3 Å². The molecule has 0 aliphatic carbocycles. The lowest BCUT2D eigenvalue weighted by Gasteiger charge is -2.38. The fourth-order valence-electron chi connectivity index (χ4n) is 0.712. The van der Waals surface area contributed by atoms with Gasteiger partial charge in [-0.1, -0.05) is 0 Å². The molecule has 1 rings (SSSR count). The van der Waals surface area contributed by atoms with Crippen LogP contribution in [0.4, 0.5) is 0 Å². The summed E-state index contributed by atoms with van der Waals surface area (Å²) in [7, 11) is 0. The van der Waals surface area contributed by atoms with Crippen LogP contribution in [0.2, 0.25) is 0 Å². The summed E-state index contributed by atoms with van der Waals surface area (Å²) in [4.78, 5) is 0. The molecule has 1 saturated heterocycles. The Morgan fingerprint density at radius 1 is 1.33 bits per heavy atom. The summed E-state index contributed by atoms with van der Waals surface area (Å²) in [6, 6.07) is 0. The molecule has 72 valence electrons. The number of hydrogen-bond donors (Lipinski definition) is 4. The minimum absolute atomic E-state index is 0.615. The molecule has 1 fully saturated rings. The first-order valence-corrected chi connectivity index (χ1v) is 3.05. The van der Waals surface area contributed by atoms with E-state index in [0.717, 1.165) is 0 Å². The summed E-state index contributed by atoms with van der Waals surface area (Å²) in [5, 5.41) is 38.1. The van der Waals surface area contributed by atoms with Crippen molar-refractivity contribution in [2.24, 2.45) is 0 Å². The molecular weight excluding hydrogens is 170 g/mol. The summed E-state index contributed by atoms with van der Waals surface area (Å²) in [5.74, 6) is 0. The van der Waals surface area contributed by atoms with Crippen LogP contribution in [0.1, 0.15) is 16.5 Å². The Kier molecular flexibility index (Phi) is 1.19. The van der Waals surface area contributed by atoms with Gasteiger partial charge < -0.3 is 25.2 Å². The number of hydrogen-bond acceptors (Lipinski definition) is 5. The van der Waals surface area contributed by atoms with E-state index in [9.17, 15) is 20.4 Å². The molecule has 1 heterocycles. The minimum atomic E-state index is -3.96. The average Bonchev–Trinajstić information content (AvgIpc) is 2.12. The number of ether oxygens (including phenoxy) is 1. The van der Waals surface area contributed by atoms with E-state index in [0.29, 0.717) is 6.92 Å². The van der Waals surface area contributed by atoms with E-state index in [1.807, 2.05) is 0 Å². The van der Waals surface area contributed by atoms with Gasteiger partial charge in [-0.05, 0) is 6.92 Å². The zero-order chi connectivity index (χ0) is 15.7. The lowest BCUT2D eigenvalue weighted by molar-refractivity contribution is -0.224. The van der Waals surface area contributed by atoms with Gasteiger partial charge in [-0.2, -0.15) is 0 Å². The molecule has 5 nitrogen and oxygen atoms in total. The van der Waals surface area contributed by atoms with Crippen molar-refractivity contribution in [1.82, 2.24) is 0 Å². The van der Waals surface area contributed by atoms with Gasteiger partial charge >= 0.3 is 0 Å². The van der Waals surface area contributed by atoms with Crippen LogP contribution < -0.4 is 0 Å². The highest BCUT2D eigenvalue weighted by atomic mass is 16.7. The summed E-state index contributed by atoms with van der Waals surface area (Å²) >= 11 is 0. The summed E-state index contributed by atoms with van der Waals surface area (Å²) < 4.78 is 55.2. The maximum absolute atomic E-state index is 9.68. The van der Waals surface area contributed by atoms with Crippen LogP contribution in [0, 0.1) is 0 Å². The van der Waals surface area contributed by atoms with Crippen molar-refractivity contribution in [1.29, 1.82) is 0 Å². The quantitative estimate of drug-likeness (QED) is 0.355. The molecule has 2 unspecified atom stereocenters. The second-order valence-electron chi connectivity index (χ2n) is 2.14. The third kappa shape index (κ3) is 1.60. The lowest BCUT2D eigenvalue weighted by atomic mass is 10.8. The van der Waals surface area contributed by atoms with Gasteiger partial charge in [0.05, 0.1) is 22.2 Å². The van der Waals surface area contributed by atoms with E-state index in [2.05, 4.69) is 4.74 Å². The number of rotatable bonds is 1. The third-order valence-electron chi connectivity index (χ3n) is 1.35. The van der Waals surface area contributed by atoms with Gasteiger partial charge in [-0.15, -0.1) is 0 Å². The molecule has 0 amide bonds. The Hall–Kier alpha value is -0.200. The molecule has 1 aliphatic heterocycles. The zero-order valence-corrected chi connectivity index (χ0v) is 6.20. The van der Waals surface area contributed by atoms with E-state index >= 15 is 0 Å². The molecule has 0 aromatic carbocycles. The third-order valence-corrected chi connectivity index (χ3v) is 1.35. The number of aliphatic hydroxyl groups is 4. The Morgan fingerprint density at radius 3 is 2.42 bits per heavy atom. The molecule has 1 aliphatic rings. The van der Waals surface area contributed by atoms with Crippen molar-refractivity contribution in [3.63, 3.8) is 0 Å². The minimum Gasteiger partial charge on any atom is -0.394 e. The molecule has 0 radical (unpaired) electrons. The van der Waals surface area contributed by atoms with Crippen LogP contribution in [-0.2, 0) is 4.74 Å². The highest BCUT2D eigenvalue weighted by molar-refractivity contribution is 4.89. The van der Waals surface area contributed by atoms with Gasteiger partial charge in [0.15, 0.2) is 0 Å². The van der Waals surface area contributed by atoms with Crippen LogP contribution in [-0.4, -0.2) is 57.4 Å². The molecular formula is C7H14O5. The second kappa shape index (κ2) is 3.68. The first kappa shape index (κ1) is 3.89. The van der Waals surface area contributed by atoms with E-state index in [4.69, 9.17) is 9.60 Å². The van der Waals surface area contributed by atoms with Crippen LogP contribution in [0.3, 0.4) is 0 Å². The van der Waals surface area contributed by atoms with Crippen LogP contribution in [0.15, 0.2) is 0 Å². The average molecular weight is 191 g/mol. The van der Waals surface area contributed by atoms with Crippen LogP contribution in [0.25, 0.3) is 0 Å². The molecule has 5 heteroatoms. The highest BCUT2D eigenvalue weighted by Crippen LogP contribution is 2.20. The molecule has 0 spiro atoms. The topological polar surface area (TPSA) is 90.2 Å². The lowest BCUT2D eigenvalue weighted by Crippen LogP contribution is -2.57. The Balaban J connectivity index is 3.60. The van der Waals surface area contributed by atoms with Crippen LogP contribution in [0.5, 0.6) is 0 Å². The van der Waals surface area contributed by atoms with Gasteiger partial charge in [0, 0.05) is 0 Å². The van der Waals surface area contributed by atoms with Crippen molar-refractivity contribution in [3.8, 4) is 0 Å². The maximum Gasteiger partial charge on any atom is 0.111 e. The SMILES string of the molecule is [2H][13C]([2H])(O)[13C]1([2H])O[13C@@]([2H])(C)[13C]([2H])(O)[13C@@]([2H])(O)[13C@]1([2H])O. The first-order chi connectivity index (χ1) is 7.96. The Morgan fingerprint density at radius 2 is 1.92 bits per heavy atom. The normalized spacial score (nSPS) is 89.6. The van der Waals surface area contributed by atoms with E-state index in [1.165, 1.54) is 0 Å². The van der Waals surface area contributed by atoms with Gasteiger partial charge in [0.25, 0.3) is 0 Å². The predicted octanol–water partition coefficient (Wildman–Crippen LogP) is -2.15. The molecule has 4 N–H and O–H groups in total. The van der Waals surface area contributed by atoms with Gasteiger partial charge in [-0.25, -0.2) is 0 Å². The molecule has 12 heavy (non-hydrogen) atoms. The standard InChI is InChI=1S/C7H14O5/c1-3-5(9)7(11)6(10)4(2-8)12-3/h3-11H,2H2,1H3/t3-,4?,5?,6+,7+/m0/s1/i2+1D2,3+1D,4+1D,5+1D,6+1D,7+1D. The molecule has 5 atom stereocenters. The van der Waals surface area contributed by atoms with E-state index in [-0.39, 0.29) is 0 Å². The van der Waals surface area contributed by atoms with Crippen molar-refractivity contribution in [2.45, 2.75) is 37.3 Å². The van der Waals surface area contributed by atoms with Crippen molar-refractivity contribution >= 4 is 0 Å². The fraction of sp³-hybridized carbons (Fsp3) is 1.00. The zero-order valence-electron chi connectivity index (χ0n) is 13.2. The van der Waals surface area contributed by atoms with E-state index in [1.54, 1.807) is 0 Å². The predicted molar refractivity (Wildman–Crippen MR) is 39.4 cm³/mol. The monoisotopic (exact) mass is 191 g/mol. The van der Waals surface area contributed by atoms with Gasteiger partial charge in [0.2, 0.25) is 0 Å². The molecule has 0 aromatic rings. The Bertz CT molecular complexity index is 390. The molecule has 0 aromatic heterocycles. The second-order valence-corrected chi connectivity index (χ2v) is 2.14. The van der Waals surface area contributed by atoms with Crippen molar-refractivity contribution in [2.75, 3.05) is 6.56 Å². The van der Waals surface area contributed by atoms with Crippen LogP contribution >= 0.6 is 0 Å². The van der Waals surface area contributed by atoms with Crippen molar-refractivity contribution in [3.05, 3.63) is 0 Å². The molecule has 0 bridgehead atoms. The largest absolute Gasteiger partial charge is 0.394 e.